The van der Waals surface area contributed by atoms with Gasteiger partial charge in [0.2, 0.25) is 0 Å². The highest BCUT2D eigenvalue weighted by Crippen LogP contribution is 2.27. The molecule has 4 aromatic rings. The maximum atomic E-state index is 13.0. The van der Waals surface area contributed by atoms with E-state index >= 15 is 0 Å². The van der Waals surface area contributed by atoms with E-state index in [2.05, 4.69) is 16.5 Å². The summed E-state index contributed by atoms with van der Waals surface area (Å²) in [4.78, 5) is 17.8. The van der Waals surface area contributed by atoms with E-state index in [9.17, 15) is 4.79 Å². The number of rotatable bonds is 6. The molecular formula is C24H23ClN4O. The zero-order chi connectivity index (χ0) is 21.1. The molecule has 1 amide bonds. The van der Waals surface area contributed by atoms with E-state index < -0.39 is 0 Å². The molecule has 2 aromatic heterocycles. The van der Waals surface area contributed by atoms with Crippen LogP contribution in [-0.4, -0.2) is 27.2 Å². The average Bonchev–Trinajstić information content (AvgIpc) is 3.07. The third kappa shape index (κ3) is 4.36. The van der Waals surface area contributed by atoms with Gasteiger partial charge in [-0.2, -0.15) is 5.10 Å². The molecule has 5 nitrogen and oxygen atoms in total. The van der Waals surface area contributed by atoms with Gasteiger partial charge in [0.15, 0.2) is 0 Å². The van der Waals surface area contributed by atoms with Gasteiger partial charge in [0.1, 0.15) is 0 Å². The smallest absolute Gasteiger partial charge is 0.252 e. The molecule has 0 atom stereocenters. The van der Waals surface area contributed by atoms with E-state index in [4.69, 9.17) is 16.6 Å². The molecule has 0 aliphatic heterocycles. The second kappa shape index (κ2) is 8.67. The Bertz CT molecular complexity index is 1200. The topological polar surface area (TPSA) is 59.8 Å². The monoisotopic (exact) mass is 418 g/mol. The summed E-state index contributed by atoms with van der Waals surface area (Å²) in [5, 5.41) is 8.82. The molecule has 0 unspecified atom stereocenters. The van der Waals surface area contributed by atoms with Crippen molar-refractivity contribution in [1.29, 1.82) is 0 Å². The van der Waals surface area contributed by atoms with Crippen molar-refractivity contribution in [2.75, 3.05) is 6.54 Å². The van der Waals surface area contributed by atoms with Gasteiger partial charge >= 0.3 is 0 Å². The first-order valence-electron chi connectivity index (χ1n) is 9.96. The predicted octanol–water partition coefficient (Wildman–Crippen LogP) is 5.19. The molecule has 6 heteroatoms. The number of benzene rings is 2. The Morgan fingerprint density at radius 1 is 1.07 bits per heavy atom. The number of hydrogen-bond donors (Lipinski definition) is 1. The van der Waals surface area contributed by atoms with Crippen LogP contribution in [0.1, 0.15) is 28.2 Å². The highest BCUT2D eigenvalue weighted by molar-refractivity contribution is 6.31. The number of halogens is 1. The van der Waals surface area contributed by atoms with Crippen LogP contribution in [0, 0.1) is 13.8 Å². The molecule has 30 heavy (non-hydrogen) atoms. The molecule has 0 saturated heterocycles. The molecular weight excluding hydrogens is 396 g/mol. The number of carbonyl (C=O) groups excluding carboxylic acids is 1. The first kappa shape index (κ1) is 20.1. The van der Waals surface area contributed by atoms with Gasteiger partial charge in [-0.15, -0.1) is 0 Å². The summed E-state index contributed by atoms with van der Waals surface area (Å²) in [6.45, 7) is 5.34. The van der Waals surface area contributed by atoms with Crippen LogP contribution in [0.4, 0.5) is 0 Å². The maximum absolute atomic E-state index is 13.0. The lowest BCUT2D eigenvalue weighted by atomic mass is 10.0. The van der Waals surface area contributed by atoms with Crippen molar-refractivity contribution in [1.82, 2.24) is 20.1 Å². The number of carbonyl (C=O) groups is 1. The van der Waals surface area contributed by atoms with Crippen molar-refractivity contribution in [3.05, 3.63) is 82.6 Å². The number of pyridine rings is 1. The molecule has 0 aliphatic carbocycles. The van der Waals surface area contributed by atoms with Crippen LogP contribution in [-0.2, 0) is 6.54 Å². The van der Waals surface area contributed by atoms with E-state index in [0.29, 0.717) is 17.1 Å². The summed E-state index contributed by atoms with van der Waals surface area (Å²) in [5.74, 6) is -0.129. The maximum Gasteiger partial charge on any atom is 0.252 e. The summed E-state index contributed by atoms with van der Waals surface area (Å²) in [7, 11) is 0. The quantitative estimate of drug-likeness (QED) is 0.438. The van der Waals surface area contributed by atoms with Gasteiger partial charge < -0.3 is 5.32 Å². The molecule has 0 bridgehead atoms. The molecule has 1 N–H and O–H groups in total. The Hall–Kier alpha value is -3.18. The van der Waals surface area contributed by atoms with Gasteiger partial charge in [0, 0.05) is 34.8 Å². The third-order valence-corrected chi connectivity index (χ3v) is 5.26. The summed E-state index contributed by atoms with van der Waals surface area (Å²) in [6, 6.07) is 19.2. The van der Waals surface area contributed by atoms with E-state index in [1.54, 1.807) is 12.1 Å². The minimum absolute atomic E-state index is 0.129. The van der Waals surface area contributed by atoms with Gasteiger partial charge in [-0.25, -0.2) is 4.98 Å². The molecule has 152 valence electrons. The lowest BCUT2D eigenvalue weighted by Crippen LogP contribution is -2.26. The van der Waals surface area contributed by atoms with Crippen molar-refractivity contribution >= 4 is 28.4 Å². The molecule has 2 heterocycles. The standard InChI is InChI=1S/C24H23ClN4O/c1-16-13-17(2)29(28-16)12-6-11-26-24(30)21-15-23(18-7-4-3-5-8-18)27-22-10-9-19(25)14-20(21)22/h3-5,7-10,13-15H,6,11-12H2,1-2H3,(H,26,30). The Labute approximate surface area is 180 Å². The Morgan fingerprint density at radius 3 is 2.60 bits per heavy atom. The fourth-order valence-corrected chi connectivity index (χ4v) is 3.74. The first-order chi connectivity index (χ1) is 14.5. The number of amides is 1. The van der Waals surface area contributed by atoms with E-state index in [1.165, 1.54) is 0 Å². The molecule has 0 radical (unpaired) electrons. The first-order valence-corrected chi connectivity index (χ1v) is 10.3. The van der Waals surface area contributed by atoms with Crippen molar-refractivity contribution in [2.45, 2.75) is 26.8 Å². The molecule has 0 spiro atoms. The van der Waals surface area contributed by atoms with Crippen LogP contribution in [0.5, 0.6) is 0 Å². The zero-order valence-electron chi connectivity index (χ0n) is 17.0. The second-order valence-corrected chi connectivity index (χ2v) is 7.78. The predicted molar refractivity (Wildman–Crippen MR) is 121 cm³/mol. The summed E-state index contributed by atoms with van der Waals surface area (Å²) < 4.78 is 1.97. The van der Waals surface area contributed by atoms with Gasteiger partial charge in [-0.05, 0) is 50.6 Å². The highest BCUT2D eigenvalue weighted by Gasteiger charge is 2.14. The minimum Gasteiger partial charge on any atom is -0.352 e. The Balaban J connectivity index is 1.56. The van der Waals surface area contributed by atoms with Crippen molar-refractivity contribution in [2.24, 2.45) is 0 Å². The average molecular weight is 419 g/mol. The van der Waals surface area contributed by atoms with Crippen LogP contribution in [0.25, 0.3) is 22.2 Å². The van der Waals surface area contributed by atoms with Crippen molar-refractivity contribution in [3.63, 3.8) is 0 Å². The minimum atomic E-state index is -0.129. The number of aromatic nitrogens is 3. The summed E-state index contributed by atoms with van der Waals surface area (Å²) in [6.07, 6.45) is 0.795. The van der Waals surface area contributed by atoms with E-state index in [-0.39, 0.29) is 5.91 Å². The summed E-state index contributed by atoms with van der Waals surface area (Å²) in [5.41, 5.74) is 5.18. The van der Waals surface area contributed by atoms with Crippen LogP contribution in [0.3, 0.4) is 0 Å². The van der Waals surface area contributed by atoms with Crippen molar-refractivity contribution < 1.29 is 4.79 Å². The van der Waals surface area contributed by atoms with Crippen LogP contribution in [0.15, 0.2) is 60.7 Å². The Morgan fingerprint density at radius 2 is 1.87 bits per heavy atom. The van der Waals surface area contributed by atoms with Crippen LogP contribution >= 0.6 is 11.6 Å². The number of aryl methyl sites for hydroxylation is 3. The van der Waals surface area contributed by atoms with E-state index in [1.807, 2.05) is 61.0 Å². The van der Waals surface area contributed by atoms with Crippen molar-refractivity contribution in [3.8, 4) is 11.3 Å². The lowest BCUT2D eigenvalue weighted by molar-refractivity contribution is 0.0954. The van der Waals surface area contributed by atoms with Gasteiger partial charge in [-0.1, -0.05) is 41.9 Å². The normalized spacial score (nSPS) is 11.0. The molecule has 4 rings (SSSR count). The number of nitrogens with zero attached hydrogens (tertiary/aromatic N) is 3. The fraction of sp³-hybridized carbons (Fsp3) is 0.208. The highest BCUT2D eigenvalue weighted by atomic mass is 35.5. The second-order valence-electron chi connectivity index (χ2n) is 7.34. The van der Waals surface area contributed by atoms with E-state index in [0.717, 1.165) is 46.5 Å². The largest absolute Gasteiger partial charge is 0.352 e. The number of fused-ring (bicyclic) bond motifs is 1. The number of hydrogen-bond acceptors (Lipinski definition) is 3. The third-order valence-electron chi connectivity index (χ3n) is 5.02. The lowest BCUT2D eigenvalue weighted by Gasteiger charge is -2.11. The van der Waals surface area contributed by atoms with Gasteiger partial charge in [-0.3, -0.25) is 9.48 Å². The molecule has 0 fully saturated rings. The molecule has 0 saturated carbocycles. The Kier molecular flexibility index (Phi) is 5.81. The summed E-state index contributed by atoms with van der Waals surface area (Å²) >= 11 is 6.19. The molecule has 0 aliphatic rings. The van der Waals surface area contributed by atoms with Gasteiger partial charge in [0.05, 0.1) is 22.5 Å². The van der Waals surface area contributed by atoms with Crippen LogP contribution < -0.4 is 5.32 Å². The fourth-order valence-electron chi connectivity index (χ4n) is 3.57. The number of nitrogens with one attached hydrogen (secondary N) is 1. The molecule has 2 aromatic carbocycles. The zero-order valence-corrected chi connectivity index (χ0v) is 17.8. The van der Waals surface area contributed by atoms with Gasteiger partial charge in [0.25, 0.3) is 5.91 Å². The SMILES string of the molecule is Cc1cc(C)n(CCCNC(=O)c2cc(-c3ccccc3)nc3ccc(Cl)cc23)n1. The van der Waals surface area contributed by atoms with Crippen LogP contribution in [0.2, 0.25) is 5.02 Å².